The summed E-state index contributed by atoms with van der Waals surface area (Å²) in [5.74, 6) is 0. The number of nitrogens with one attached hydrogen (secondary N) is 1. The van der Waals surface area contributed by atoms with E-state index < -0.39 is 0 Å². The average Bonchev–Trinajstić information content (AvgIpc) is 2.85. The molecule has 2 aromatic rings. The van der Waals surface area contributed by atoms with E-state index in [4.69, 9.17) is 0 Å². The Labute approximate surface area is 122 Å². The van der Waals surface area contributed by atoms with Gasteiger partial charge in [-0.3, -0.25) is 0 Å². The lowest BCUT2D eigenvalue weighted by Crippen LogP contribution is -2.19. The molecule has 0 spiro atoms. The molecule has 1 aliphatic carbocycles. The Bertz CT molecular complexity index is 504. The predicted octanol–water partition coefficient (Wildman–Crippen LogP) is 3.17. The Morgan fingerprint density at radius 2 is 2.29 bits per heavy atom. The van der Waals surface area contributed by atoms with Gasteiger partial charge in [-0.15, -0.1) is 21.5 Å². The van der Waals surface area contributed by atoms with Crippen LogP contribution in [-0.2, 0) is 6.42 Å². The number of rotatable bonds is 5. The molecule has 0 aliphatic heterocycles. The van der Waals surface area contributed by atoms with Crippen LogP contribution in [-0.4, -0.2) is 22.8 Å². The lowest BCUT2D eigenvalue weighted by atomic mass is 10.4. The van der Waals surface area contributed by atoms with Crippen LogP contribution in [0.2, 0.25) is 0 Å². The fourth-order valence-corrected chi connectivity index (χ4v) is 3.80. The molecule has 1 saturated carbocycles. The topological polar surface area (TPSA) is 37.8 Å². The zero-order valence-corrected chi connectivity index (χ0v) is 12.9. The molecular weight excluding hydrogens is 365 g/mol. The molecule has 3 rings (SSSR count). The smallest absolute Gasteiger partial charge is 0.148 e. The van der Waals surface area contributed by atoms with Crippen LogP contribution in [0.5, 0.6) is 0 Å². The fourth-order valence-electron chi connectivity index (χ4n) is 1.56. The highest BCUT2D eigenvalue weighted by molar-refractivity contribution is 14.1. The van der Waals surface area contributed by atoms with Crippen molar-refractivity contribution in [2.75, 3.05) is 6.54 Å². The van der Waals surface area contributed by atoms with Crippen LogP contribution in [0.4, 0.5) is 0 Å². The molecule has 0 radical (unpaired) electrons. The van der Waals surface area contributed by atoms with E-state index in [2.05, 4.69) is 49.6 Å². The number of hydrogen-bond donors (Lipinski definition) is 1. The summed E-state index contributed by atoms with van der Waals surface area (Å²) < 4.78 is 1.30. The largest absolute Gasteiger partial charge is 0.314 e. The van der Waals surface area contributed by atoms with E-state index in [1.165, 1.54) is 21.3 Å². The van der Waals surface area contributed by atoms with Gasteiger partial charge in [0.15, 0.2) is 0 Å². The minimum atomic E-state index is 0.779. The quantitative estimate of drug-likeness (QED) is 0.814. The normalized spacial score (nSPS) is 15.4. The highest BCUT2D eigenvalue weighted by Gasteiger charge is 2.19. The van der Waals surface area contributed by atoms with Crippen molar-refractivity contribution in [3.8, 4) is 10.6 Å². The third-order valence-corrected chi connectivity index (χ3v) is 5.45. The highest BCUT2D eigenvalue weighted by Crippen LogP contribution is 2.29. The Hall–Kier alpha value is -0.0500. The van der Waals surface area contributed by atoms with Gasteiger partial charge in [-0.25, -0.2) is 0 Å². The van der Waals surface area contributed by atoms with Crippen LogP contribution in [0.15, 0.2) is 11.4 Å². The second-order valence-electron chi connectivity index (χ2n) is 4.12. The van der Waals surface area contributed by atoms with Crippen molar-refractivity contribution in [2.45, 2.75) is 25.3 Å². The lowest BCUT2D eigenvalue weighted by Gasteiger charge is -1.97. The van der Waals surface area contributed by atoms with Crippen LogP contribution in [0.1, 0.15) is 17.8 Å². The van der Waals surface area contributed by atoms with Gasteiger partial charge in [0.1, 0.15) is 10.0 Å². The maximum absolute atomic E-state index is 4.26. The summed E-state index contributed by atoms with van der Waals surface area (Å²) in [4.78, 5) is 0. The Morgan fingerprint density at radius 3 is 3.00 bits per heavy atom. The zero-order valence-electron chi connectivity index (χ0n) is 9.15. The molecule has 0 aromatic carbocycles. The van der Waals surface area contributed by atoms with Crippen molar-refractivity contribution in [2.24, 2.45) is 0 Å². The molecule has 6 heteroatoms. The van der Waals surface area contributed by atoms with E-state index in [-0.39, 0.29) is 0 Å². The van der Waals surface area contributed by atoms with Gasteiger partial charge in [-0.2, -0.15) is 0 Å². The molecule has 0 amide bonds. The monoisotopic (exact) mass is 377 g/mol. The first-order valence-corrected chi connectivity index (χ1v) is 8.39. The molecule has 1 fully saturated rings. The summed E-state index contributed by atoms with van der Waals surface area (Å²) in [6.07, 6.45) is 3.68. The van der Waals surface area contributed by atoms with Gasteiger partial charge >= 0.3 is 0 Å². The van der Waals surface area contributed by atoms with Gasteiger partial charge in [0, 0.05) is 30.0 Å². The molecule has 17 heavy (non-hydrogen) atoms. The maximum atomic E-state index is 4.26. The predicted molar refractivity (Wildman–Crippen MR) is 80.7 cm³/mol. The van der Waals surface area contributed by atoms with Gasteiger partial charge in [0.05, 0.1) is 2.88 Å². The van der Waals surface area contributed by atoms with Crippen LogP contribution >= 0.6 is 45.3 Å². The SMILES string of the molecule is Ic1cc(-c2nnc(CCNC3CC3)s2)cs1. The van der Waals surface area contributed by atoms with E-state index in [9.17, 15) is 0 Å². The highest BCUT2D eigenvalue weighted by atomic mass is 127. The maximum Gasteiger partial charge on any atom is 0.148 e. The number of halogens is 1. The molecular formula is C11H12IN3S2. The van der Waals surface area contributed by atoms with Crippen molar-refractivity contribution in [1.29, 1.82) is 0 Å². The standard InChI is InChI=1S/C11H12IN3S2/c12-9-5-7(6-16-9)11-15-14-10(17-11)3-4-13-8-1-2-8/h5-6,8,13H,1-4H2. The molecule has 0 bridgehead atoms. The van der Waals surface area contributed by atoms with Gasteiger partial charge in [-0.1, -0.05) is 11.3 Å². The molecule has 1 N–H and O–H groups in total. The first kappa shape index (κ1) is 12.0. The third-order valence-electron chi connectivity index (χ3n) is 2.63. The van der Waals surface area contributed by atoms with Crippen LogP contribution in [0.3, 0.4) is 0 Å². The molecule has 2 heterocycles. The molecule has 0 saturated heterocycles. The van der Waals surface area contributed by atoms with Crippen molar-refractivity contribution < 1.29 is 0 Å². The molecule has 3 nitrogen and oxygen atoms in total. The Morgan fingerprint density at radius 1 is 1.41 bits per heavy atom. The summed E-state index contributed by atoms with van der Waals surface area (Å²) in [5, 5.41) is 16.3. The summed E-state index contributed by atoms with van der Waals surface area (Å²) in [6, 6.07) is 2.94. The van der Waals surface area contributed by atoms with Gasteiger partial charge in [-0.05, 0) is 41.5 Å². The Kier molecular flexibility index (Phi) is 3.74. The zero-order chi connectivity index (χ0) is 11.7. The van der Waals surface area contributed by atoms with Gasteiger partial charge in [0.2, 0.25) is 0 Å². The summed E-state index contributed by atoms with van der Waals surface area (Å²) >= 11 is 5.80. The molecule has 90 valence electrons. The van der Waals surface area contributed by atoms with E-state index in [1.807, 2.05) is 0 Å². The molecule has 0 unspecified atom stereocenters. The number of hydrogen-bond acceptors (Lipinski definition) is 5. The minimum absolute atomic E-state index is 0.779. The third kappa shape index (κ3) is 3.24. The lowest BCUT2D eigenvalue weighted by molar-refractivity contribution is 0.677. The van der Waals surface area contributed by atoms with Gasteiger partial charge < -0.3 is 5.32 Å². The van der Waals surface area contributed by atoms with Crippen molar-refractivity contribution in [1.82, 2.24) is 15.5 Å². The fraction of sp³-hybridized carbons (Fsp3) is 0.455. The first-order valence-electron chi connectivity index (χ1n) is 5.61. The average molecular weight is 377 g/mol. The second-order valence-corrected chi connectivity index (χ2v) is 7.99. The minimum Gasteiger partial charge on any atom is -0.314 e. The molecule has 2 aromatic heterocycles. The molecule has 1 aliphatic rings. The van der Waals surface area contributed by atoms with Crippen LogP contribution < -0.4 is 5.32 Å². The van der Waals surface area contributed by atoms with E-state index in [1.54, 1.807) is 22.7 Å². The first-order chi connectivity index (χ1) is 8.31. The summed E-state index contributed by atoms with van der Waals surface area (Å²) in [6.45, 7) is 1.03. The van der Waals surface area contributed by atoms with Gasteiger partial charge in [0.25, 0.3) is 0 Å². The van der Waals surface area contributed by atoms with Crippen LogP contribution in [0, 0.1) is 2.88 Å². The number of nitrogens with zero attached hydrogens (tertiary/aromatic N) is 2. The van der Waals surface area contributed by atoms with E-state index in [0.717, 1.165) is 29.0 Å². The van der Waals surface area contributed by atoms with Crippen molar-refractivity contribution >= 4 is 45.3 Å². The van der Waals surface area contributed by atoms with Crippen LogP contribution in [0.25, 0.3) is 10.6 Å². The van der Waals surface area contributed by atoms with Crippen molar-refractivity contribution in [3.63, 3.8) is 0 Å². The summed E-state index contributed by atoms with van der Waals surface area (Å²) in [7, 11) is 0. The second kappa shape index (κ2) is 5.29. The number of aromatic nitrogens is 2. The number of thiophene rings is 1. The van der Waals surface area contributed by atoms with E-state index >= 15 is 0 Å². The summed E-state index contributed by atoms with van der Waals surface area (Å²) in [5.41, 5.74) is 1.21. The van der Waals surface area contributed by atoms with E-state index in [0.29, 0.717) is 0 Å². The molecule has 0 atom stereocenters. The Balaban J connectivity index is 1.61. The van der Waals surface area contributed by atoms with Crippen molar-refractivity contribution in [3.05, 3.63) is 19.3 Å².